The largest absolute Gasteiger partial charge is 0.372 e. The standard InChI is InChI=1S/C16H27FN2S/c1-6-18-13(3)16-14(17)8-7-9-15(16)19(4)12(2)10-11-20-5/h7-9,12-13,18H,6,10-11H2,1-5H3. The van der Waals surface area contributed by atoms with Gasteiger partial charge in [0, 0.05) is 30.4 Å². The number of thioether (sulfide) groups is 1. The van der Waals surface area contributed by atoms with Crippen LogP contribution in [0, 0.1) is 5.82 Å². The van der Waals surface area contributed by atoms with Crippen LogP contribution in [0.1, 0.15) is 38.8 Å². The summed E-state index contributed by atoms with van der Waals surface area (Å²) in [6.07, 6.45) is 3.22. The van der Waals surface area contributed by atoms with E-state index in [9.17, 15) is 4.39 Å². The molecule has 1 rings (SSSR count). The number of benzene rings is 1. The minimum absolute atomic E-state index is 0.0198. The minimum Gasteiger partial charge on any atom is -0.372 e. The van der Waals surface area contributed by atoms with E-state index >= 15 is 0 Å². The van der Waals surface area contributed by atoms with Crippen LogP contribution in [0.25, 0.3) is 0 Å². The van der Waals surface area contributed by atoms with Gasteiger partial charge in [-0.2, -0.15) is 11.8 Å². The fourth-order valence-electron chi connectivity index (χ4n) is 2.39. The van der Waals surface area contributed by atoms with E-state index in [4.69, 9.17) is 0 Å². The minimum atomic E-state index is -0.125. The van der Waals surface area contributed by atoms with Crippen molar-refractivity contribution in [3.8, 4) is 0 Å². The van der Waals surface area contributed by atoms with Crippen molar-refractivity contribution in [1.29, 1.82) is 0 Å². The molecule has 1 aromatic rings. The van der Waals surface area contributed by atoms with E-state index in [0.717, 1.165) is 30.0 Å². The van der Waals surface area contributed by atoms with Gasteiger partial charge in [-0.05, 0) is 51.0 Å². The lowest BCUT2D eigenvalue weighted by atomic mass is 10.0. The molecule has 0 aliphatic heterocycles. The molecule has 0 saturated carbocycles. The molecule has 1 N–H and O–H groups in total. The Morgan fingerprint density at radius 1 is 1.35 bits per heavy atom. The van der Waals surface area contributed by atoms with Gasteiger partial charge in [-0.1, -0.05) is 13.0 Å². The third-order valence-corrected chi connectivity index (χ3v) is 4.40. The predicted molar refractivity (Wildman–Crippen MR) is 89.4 cm³/mol. The van der Waals surface area contributed by atoms with Crippen molar-refractivity contribution in [2.75, 3.05) is 30.5 Å². The van der Waals surface area contributed by atoms with Crippen LogP contribution in [0.2, 0.25) is 0 Å². The van der Waals surface area contributed by atoms with Crippen LogP contribution in [0.5, 0.6) is 0 Å². The molecule has 0 spiro atoms. The molecule has 0 radical (unpaired) electrons. The Balaban J connectivity index is 3.01. The Labute approximate surface area is 127 Å². The normalized spacial score (nSPS) is 14.1. The lowest BCUT2D eigenvalue weighted by Gasteiger charge is -2.31. The maximum atomic E-state index is 14.2. The molecule has 0 heterocycles. The first-order valence-corrected chi connectivity index (χ1v) is 8.65. The second kappa shape index (κ2) is 8.53. The molecule has 0 fully saturated rings. The number of anilines is 1. The molecule has 0 aliphatic rings. The highest BCUT2D eigenvalue weighted by Crippen LogP contribution is 2.30. The second-order valence-electron chi connectivity index (χ2n) is 5.19. The Morgan fingerprint density at radius 3 is 2.65 bits per heavy atom. The second-order valence-corrected chi connectivity index (χ2v) is 6.18. The Kier molecular flexibility index (Phi) is 7.38. The van der Waals surface area contributed by atoms with Gasteiger partial charge in [0.15, 0.2) is 0 Å². The van der Waals surface area contributed by atoms with Crippen molar-refractivity contribution in [3.05, 3.63) is 29.6 Å². The molecule has 114 valence electrons. The van der Waals surface area contributed by atoms with Gasteiger partial charge >= 0.3 is 0 Å². The molecule has 2 unspecified atom stereocenters. The van der Waals surface area contributed by atoms with Gasteiger partial charge in [0.25, 0.3) is 0 Å². The average Bonchev–Trinajstić information content (AvgIpc) is 2.43. The molecule has 0 bridgehead atoms. The van der Waals surface area contributed by atoms with Crippen molar-refractivity contribution < 1.29 is 4.39 Å². The highest BCUT2D eigenvalue weighted by Gasteiger charge is 2.19. The summed E-state index contributed by atoms with van der Waals surface area (Å²) in [5.74, 6) is 0.999. The molecule has 0 aromatic heterocycles. The molecule has 0 amide bonds. The number of rotatable bonds is 8. The van der Waals surface area contributed by atoms with Crippen LogP contribution in [0.15, 0.2) is 18.2 Å². The van der Waals surface area contributed by atoms with E-state index in [1.54, 1.807) is 12.1 Å². The van der Waals surface area contributed by atoms with E-state index in [-0.39, 0.29) is 11.9 Å². The number of hydrogen-bond acceptors (Lipinski definition) is 3. The molecular formula is C16H27FN2S. The van der Waals surface area contributed by atoms with Gasteiger partial charge in [0.05, 0.1) is 0 Å². The van der Waals surface area contributed by atoms with E-state index in [1.807, 2.05) is 31.7 Å². The number of hydrogen-bond donors (Lipinski definition) is 1. The third kappa shape index (κ3) is 4.38. The fourth-order valence-corrected chi connectivity index (χ4v) is 2.97. The highest BCUT2D eigenvalue weighted by molar-refractivity contribution is 7.98. The zero-order valence-corrected chi connectivity index (χ0v) is 14.1. The highest BCUT2D eigenvalue weighted by atomic mass is 32.2. The quantitative estimate of drug-likeness (QED) is 0.778. The summed E-state index contributed by atoms with van der Waals surface area (Å²) < 4.78 is 14.2. The van der Waals surface area contributed by atoms with Crippen molar-refractivity contribution in [1.82, 2.24) is 5.32 Å². The first-order chi connectivity index (χ1) is 9.52. The van der Waals surface area contributed by atoms with Crippen molar-refractivity contribution in [2.24, 2.45) is 0 Å². The maximum absolute atomic E-state index is 14.2. The summed E-state index contributed by atoms with van der Waals surface area (Å²) in [5, 5.41) is 3.31. The molecule has 4 heteroatoms. The summed E-state index contributed by atoms with van der Waals surface area (Å²) in [7, 11) is 2.06. The van der Waals surface area contributed by atoms with E-state index < -0.39 is 0 Å². The van der Waals surface area contributed by atoms with Crippen LogP contribution >= 0.6 is 11.8 Å². The lowest BCUT2D eigenvalue weighted by molar-refractivity contribution is 0.537. The molecule has 0 saturated heterocycles. The van der Waals surface area contributed by atoms with Gasteiger partial charge in [0.1, 0.15) is 5.82 Å². The van der Waals surface area contributed by atoms with Crippen LogP contribution < -0.4 is 10.2 Å². The van der Waals surface area contributed by atoms with Gasteiger partial charge in [-0.15, -0.1) is 0 Å². The van der Waals surface area contributed by atoms with Crippen LogP contribution in [-0.4, -0.2) is 31.6 Å². The number of halogens is 1. The average molecular weight is 298 g/mol. The SMILES string of the molecule is CCNC(C)c1c(F)cccc1N(C)C(C)CCSC. The Bertz CT molecular complexity index is 411. The third-order valence-electron chi connectivity index (χ3n) is 3.75. The van der Waals surface area contributed by atoms with Gasteiger partial charge < -0.3 is 10.2 Å². The summed E-state index contributed by atoms with van der Waals surface area (Å²) in [5.41, 5.74) is 1.76. The van der Waals surface area contributed by atoms with E-state index in [0.29, 0.717) is 6.04 Å². The van der Waals surface area contributed by atoms with Gasteiger partial charge in [0.2, 0.25) is 0 Å². The Morgan fingerprint density at radius 2 is 2.05 bits per heavy atom. The summed E-state index contributed by atoms with van der Waals surface area (Å²) in [4.78, 5) is 2.20. The zero-order valence-electron chi connectivity index (χ0n) is 13.2. The van der Waals surface area contributed by atoms with Crippen molar-refractivity contribution >= 4 is 17.4 Å². The van der Waals surface area contributed by atoms with Gasteiger partial charge in [-0.25, -0.2) is 4.39 Å². The van der Waals surface area contributed by atoms with E-state index in [1.165, 1.54) is 0 Å². The summed E-state index contributed by atoms with van der Waals surface area (Å²) in [6.45, 7) is 7.09. The van der Waals surface area contributed by atoms with Crippen LogP contribution in [0.4, 0.5) is 10.1 Å². The lowest BCUT2D eigenvalue weighted by Crippen LogP contribution is -2.32. The molecular weight excluding hydrogens is 271 g/mol. The van der Waals surface area contributed by atoms with Crippen molar-refractivity contribution in [3.63, 3.8) is 0 Å². The molecule has 2 atom stereocenters. The maximum Gasteiger partial charge on any atom is 0.130 e. The van der Waals surface area contributed by atoms with Crippen LogP contribution in [-0.2, 0) is 0 Å². The van der Waals surface area contributed by atoms with E-state index in [2.05, 4.69) is 30.4 Å². The molecule has 0 aliphatic carbocycles. The van der Waals surface area contributed by atoms with Crippen molar-refractivity contribution in [2.45, 2.75) is 39.3 Å². The van der Waals surface area contributed by atoms with Gasteiger partial charge in [-0.3, -0.25) is 0 Å². The molecule has 1 aromatic carbocycles. The Hall–Kier alpha value is -0.740. The monoisotopic (exact) mass is 298 g/mol. The first-order valence-electron chi connectivity index (χ1n) is 7.26. The predicted octanol–water partition coefficient (Wildman–Crippen LogP) is 4.07. The smallest absolute Gasteiger partial charge is 0.130 e. The molecule has 20 heavy (non-hydrogen) atoms. The summed E-state index contributed by atoms with van der Waals surface area (Å²) in [6, 6.07) is 5.78. The summed E-state index contributed by atoms with van der Waals surface area (Å²) >= 11 is 1.85. The first kappa shape index (κ1) is 17.3. The number of nitrogens with zero attached hydrogens (tertiary/aromatic N) is 1. The number of nitrogens with one attached hydrogen (secondary N) is 1. The molecule has 2 nitrogen and oxygen atoms in total. The zero-order chi connectivity index (χ0) is 15.1. The fraction of sp³-hybridized carbons (Fsp3) is 0.625. The van der Waals surface area contributed by atoms with Crippen LogP contribution in [0.3, 0.4) is 0 Å². The topological polar surface area (TPSA) is 15.3 Å².